The van der Waals surface area contributed by atoms with Crippen LogP contribution in [0, 0.1) is 0 Å². The van der Waals surface area contributed by atoms with E-state index in [2.05, 4.69) is 20.5 Å². The smallest absolute Gasteiger partial charge is 0.216 e. The van der Waals surface area contributed by atoms with E-state index in [1.807, 2.05) is 18.2 Å². The van der Waals surface area contributed by atoms with Crippen molar-refractivity contribution in [2.45, 2.75) is 26.2 Å². The monoisotopic (exact) mass is 318 g/mol. The van der Waals surface area contributed by atoms with Crippen molar-refractivity contribution in [2.75, 3.05) is 20.8 Å². The zero-order valence-electron chi connectivity index (χ0n) is 13.7. The minimum absolute atomic E-state index is 0.0193. The quantitative estimate of drug-likeness (QED) is 0.720. The summed E-state index contributed by atoms with van der Waals surface area (Å²) in [7, 11) is 3.23. The summed E-state index contributed by atoms with van der Waals surface area (Å²) in [5.41, 5.74) is 1.06. The molecule has 7 nitrogen and oxygen atoms in total. The van der Waals surface area contributed by atoms with E-state index in [0.717, 1.165) is 30.1 Å². The molecule has 0 spiro atoms. The molecule has 124 valence electrons. The molecule has 1 heterocycles. The van der Waals surface area contributed by atoms with Crippen LogP contribution in [0.25, 0.3) is 0 Å². The lowest BCUT2D eigenvalue weighted by atomic mass is 10.1. The first-order valence-electron chi connectivity index (χ1n) is 7.48. The van der Waals surface area contributed by atoms with E-state index in [0.29, 0.717) is 24.5 Å². The van der Waals surface area contributed by atoms with Gasteiger partial charge in [0.15, 0.2) is 17.3 Å². The minimum atomic E-state index is -0.0193. The molecule has 1 amide bonds. The van der Waals surface area contributed by atoms with Gasteiger partial charge in [-0.25, -0.2) is 4.98 Å². The van der Waals surface area contributed by atoms with E-state index in [-0.39, 0.29) is 5.91 Å². The first-order chi connectivity index (χ1) is 11.1. The van der Waals surface area contributed by atoms with Crippen LogP contribution in [0.1, 0.15) is 30.6 Å². The lowest BCUT2D eigenvalue weighted by Gasteiger charge is -2.08. The molecule has 0 fully saturated rings. The van der Waals surface area contributed by atoms with Gasteiger partial charge >= 0.3 is 0 Å². The highest BCUT2D eigenvalue weighted by molar-refractivity contribution is 5.72. The van der Waals surface area contributed by atoms with Gasteiger partial charge in [0.05, 0.1) is 14.2 Å². The van der Waals surface area contributed by atoms with Crippen molar-refractivity contribution < 1.29 is 14.3 Å². The third-order valence-corrected chi connectivity index (χ3v) is 3.35. The van der Waals surface area contributed by atoms with Gasteiger partial charge in [-0.15, -0.1) is 0 Å². The maximum absolute atomic E-state index is 10.8. The van der Waals surface area contributed by atoms with Crippen LogP contribution in [0.5, 0.6) is 11.5 Å². The topological polar surface area (TPSA) is 89.1 Å². The predicted molar refractivity (Wildman–Crippen MR) is 85.7 cm³/mol. The average Bonchev–Trinajstić information content (AvgIpc) is 2.98. The van der Waals surface area contributed by atoms with Gasteiger partial charge in [0.25, 0.3) is 0 Å². The van der Waals surface area contributed by atoms with Gasteiger partial charge in [-0.1, -0.05) is 6.07 Å². The molecule has 0 unspecified atom stereocenters. The van der Waals surface area contributed by atoms with Crippen LogP contribution in [0.3, 0.4) is 0 Å². The van der Waals surface area contributed by atoms with Crippen molar-refractivity contribution in [1.82, 2.24) is 20.5 Å². The fourth-order valence-corrected chi connectivity index (χ4v) is 2.22. The zero-order valence-corrected chi connectivity index (χ0v) is 13.7. The van der Waals surface area contributed by atoms with E-state index in [1.165, 1.54) is 6.92 Å². The second-order valence-corrected chi connectivity index (χ2v) is 5.15. The van der Waals surface area contributed by atoms with Crippen LogP contribution in [0.15, 0.2) is 18.2 Å². The summed E-state index contributed by atoms with van der Waals surface area (Å²) in [5.74, 6) is 2.93. The van der Waals surface area contributed by atoms with Crippen molar-refractivity contribution in [1.29, 1.82) is 0 Å². The molecule has 2 aromatic rings. The third kappa shape index (κ3) is 4.98. The van der Waals surface area contributed by atoms with Gasteiger partial charge in [-0.2, -0.15) is 5.10 Å². The van der Waals surface area contributed by atoms with Crippen molar-refractivity contribution in [3.63, 3.8) is 0 Å². The summed E-state index contributed by atoms with van der Waals surface area (Å²) >= 11 is 0. The molecule has 7 heteroatoms. The lowest BCUT2D eigenvalue weighted by molar-refractivity contribution is -0.118. The van der Waals surface area contributed by atoms with Crippen molar-refractivity contribution in [3.05, 3.63) is 35.4 Å². The SMILES string of the molecule is COc1ccc(Cc2nc(CCCNC(C)=O)n[nH]2)cc1OC. The fraction of sp³-hybridized carbons (Fsp3) is 0.438. The number of carbonyl (C=O) groups is 1. The summed E-state index contributed by atoms with van der Waals surface area (Å²) in [5, 5.41) is 9.91. The van der Waals surface area contributed by atoms with Crippen LogP contribution in [-0.2, 0) is 17.6 Å². The van der Waals surface area contributed by atoms with E-state index in [9.17, 15) is 4.79 Å². The Bertz CT molecular complexity index is 655. The lowest BCUT2D eigenvalue weighted by Crippen LogP contribution is -2.21. The number of aromatic nitrogens is 3. The molecular formula is C16H22N4O3. The number of aryl methyl sites for hydroxylation is 1. The Hall–Kier alpha value is -2.57. The third-order valence-electron chi connectivity index (χ3n) is 3.35. The second-order valence-electron chi connectivity index (χ2n) is 5.15. The highest BCUT2D eigenvalue weighted by Crippen LogP contribution is 2.28. The summed E-state index contributed by atoms with van der Waals surface area (Å²) in [6.45, 7) is 2.14. The maximum Gasteiger partial charge on any atom is 0.216 e. The Morgan fingerprint density at radius 1 is 1.26 bits per heavy atom. The number of methoxy groups -OCH3 is 2. The number of nitrogens with zero attached hydrogens (tertiary/aromatic N) is 2. The first-order valence-corrected chi connectivity index (χ1v) is 7.48. The van der Waals surface area contributed by atoms with Gasteiger partial charge < -0.3 is 14.8 Å². The van der Waals surface area contributed by atoms with Crippen LogP contribution < -0.4 is 14.8 Å². The van der Waals surface area contributed by atoms with E-state index < -0.39 is 0 Å². The number of carbonyl (C=O) groups excluding carboxylic acids is 1. The number of ether oxygens (including phenoxy) is 2. The number of amides is 1. The Morgan fingerprint density at radius 2 is 2.04 bits per heavy atom. The molecule has 0 aliphatic carbocycles. The van der Waals surface area contributed by atoms with Crippen molar-refractivity contribution >= 4 is 5.91 Å². The Labute approximate surface area is 135 Å². The highest BCUT2D eigenvalue weighted by atomic mass is 16.5. The Morgan fingerprint density at radius 3 is 2.74 bits per heavy atom. The second kappa shape index (κ2) is 8.17. The average molecular weight is 318 g/mol. The number of H-pyrrole nitrogens is 1. The maximum atomic E-state index is 10.8. The molecule has 0 atom stereocenters. The van der Waals surface area contributed by atoms with Crippen LogP contribution >= 0.6 is 0 Å². The summed E-state index contributed by atoms with van der Waals surface area (Å²) in [6.07, 6.45) is 2.18. The van der Waals surface area contributed by atoms with Gasteiger partial charge in [-0.3, -0.25) is 9.89 Å². The molecule has 0 aliphatic rings. The number of hydrogen-bond donors (Lipinski definition) is 2. The molecule has 23 heavy (non-hydrogen) atoms. The Kier molecular flexibility index (Phi) is 5.96. The molecule has 0 aliphatic heterocycles. The van der Waals surface area contributed by atoms with Gasteiger partial charge in [0.1, 0.15) is 5.82 Å². The number of aromatic amines is 1. The van der Waals surface area contributed by atoms with Crippen molar-refractivity contribution in [2.24, 2.45) is 0 Å². The molecule has 0 radical (unpaired) electrons. The van der Waals surface area contributed by atoms with Crippen LogP contribution in [-0.4, -0.2) is 41.9 Å². The van der Waals surface area contributed by atoms with Crippen LogP contribution in [0.4, 0.5) is 0 Å². The molecule has 2 rings (SSSR count). The number of benzene rings is 1. The molecular weight excluding hydrogens is 296 g/mol. The summed E-state index contributed by atoms with van der Waals surface area (Å²) in [4.78, 5) is 15.3. The first kappa shape index (κ1) is 16.8. The molecule has 0 bridgehead atoms. The predicted octanol–water partition coefficient (Wildman–Crippen LogP) is 1.48. The Balaban J connectivity index is 1.92. The molecule has 0 saturated carbocycles. The van der Waals surface area contributed by atoms with E-state index >= 15 is 0 Å². The van der Waals surface area contributed by atoms with E-state index in [1.54, 1.807) is 14.2 Å². The number of hydrogen-bond acceptors (Lipinski definition) is 5. The zero-order chi connectivity index (χ0) is 16.7. The van der Waals surface area contributed by atoms with Gasteiger partial charge in [0.2, 0.25) is 5.91 Å². The summed E-state index contributed by atoms with van der Waals surface area (Å²) < 4.78 is 10.5. The standard InChI is InChI=1S/C16H22N4O3/c1-11(21)17-8-4-5-15-18-16(20-19-15)10-12-6-7-13(22-2)14(9-12)23-3/h6-7,9H,4-5,8,10H2,1-3H3,(H,17,21)(H,18,19,20). The van der Waals surface area contributed by atoms with Crippen molar-refractivity contribution in [3.8, 4) is 11.5 Å². The van der Waals surface area contributed by atoms with E-state index in [4.69, 9.17) is 9.47 Å². The normalized spacial score (nSPS) is 10.4. The molecule has 2 N–H and O–H groups in total. The molecule has 1 aromatic carbocycles. The van der Waals surface area contributed by atoms with Crippen LogP contribution in [0.2, 0.25) is 0 Å². The largest absolute Gasteiger partial charge is 0.493 e. The minimum Gasteiger partial charge on any atom is -0.493 e. The molecule has 1 aromatic heterocycles. The molecule has 0 saturated heterocycles. The van der Waals surface area contributed by atoms with Gasteiger partial charge in [-0.05, 0) is 24.1 Å². The highest BCUT2D eigenvalue weighted by Gasteiger charge is 2.08. The van der Waals surface area contributed by atoms with Gasteiger partial charge in [0, 0.05) is 26.3 Å². The summed E-state index contributed by atoms with van der Waals surface area (Å²) in [6, 6.07) is 5.77. The number of nitrogens with one attached hydrogen (secondary N) is 2. The number of rotatable bonds is 8. The fourth-order valence-electron chi connectivity index (χ4n) is 2.22.